The van der Waals surface area contributed by atoms with Gasteiger partial charge in [0.2, 0.25) is 5.91 Å². The zero-order chi connectivity index (χ0) is 25.5. The highest BCUT2D eigenvalue weighted by Crippen LogP contribution is 2.29. The number of benzene rings is 1. The number of cyclic esters (lactones) is 1. The maximum Gasteiger partial charge on any atom is 0.414 e. The van der Waals surface area contributed by atoms with Crippen molar-refractivity contribution in [1.29, 1.82) is 0 Å². The Kier molecular flexibility index (Phi) is 8.31. The summed E-state index contributed by atoms with van der Waals surface area (Å²) in [6.07, 6.45) is 0.233. The third-order valence-corrected chi connectivity index (χ3v) is 4.87. The van der Waals surface area contributed by atoms with Crippen molar-refractivity contribution in [3.05, 3.63) is 42.3 Å². The molecule has 2 aromatic rings. The fourth-order valence-electron chi connectivity index (χ4n) is 3.30. The van der Waals surface area contributed by atoms with Crippen molar-refractivity contribution in [2.75, 3.05) is 50.6 Å². The van der Waals surface area contributed by atoms with Crippen molar-refractivity contribution in [2.45, 2.75) is 13.0 Å². The van der Waals surface area contributed by atoms with E-state index in [9.17, 15) is 23.6 Å². The molecule has 0 unspecified atom stereocenters. The minimum absolute atomic E-state index is 0.0431. The first-order valence-corrected chi connectivity index (χ1v) is 10.7. The van der Waals surface area contributed by atoms with Crippen LogP contribution in [0.4, 0.5) is 20.7 Å². The van der Waals surface area contributed by atoms with Crippen molar-refractivity contribution in [1.82, 2.24) is 15.2 Å². The second-order valence-corrected chi connectivity index (χ2v) is 8.09. The van der Waals surface area contributed by atoms with E-state index in [1.807, 2.05) is 0 Å². The van der Waals surface area contributed by atoms with Gasteiger partial charge in [0.1, 0.15) is 17.7 Å². The predicted octanol–water partition coefficient (Wildman–Crippen LogP) is 1.39. The molecule has 11 nitrogen and oxygen atoms in total. The number of nitrogens with one attached hydrogen (secondary N) is 2. The summed E-state index contributed by atoms with van der Waals surface area (Å²) in [5, 5.41) is 5.09. The standard InChI is InChI=1S/C23H26FN5O6/c1-14(30)26-10-17-11-29(23(33)35-17)16-4-5-18(19(24)9-16)15-6-7-25-20(8-15)27-21(31)13-34-22(32)12-28(2)3/h4-9,17H,10-13H2,1-3H3,(H,26,30)(H,25,27,31)/t17-/m0/s1. The molecular formula is C23H26FN5O6. The van der Waals surface area contributed by atoms with E-state index in [-0.39, 0.29) is 36.9 Å². The van der Waals surface area contributed by atoms with Crippen molar-refractivity contribution >= 4 is 35.4 Å². The average Bonchev–Trinajstić information content (AvgIpc) is 3.16. The van der Waals surface area contributed by atoms with Crippen LogP contribution in [0.3, 0.4) is 0 Å². The lowest BCUT2D eigenvalue weighted by Gasteiger charge is -2.15. The van der Waals surface area contributed by atoms with Gasteiger partial charge in [0.05, 0.1) is 25.3 Å². The Balaban J connectivity index is 1.65. The number of esters is 1. The van der Waals surface area contributed by atoms with Crippen LogP contribution in [0.1, 0.15) is 6.92 Å². The Morgan fingerprint density at radius 1 is 1.26 bits per heavy atom. The molecule has 2 N–H and O–H groups in total. The molecule has 0 saturated carbocycles. The highest BCUT2D eigenvalue weighted by molar-refractivity contribution is 5.93. The summed E-state index contributed by atoms with van der Waals surface area (Å²) in [4.78, 5) is 53.8. The number of aromatic nitrogens is 1. The third-order valence-electron chi connectivity index (χ3n) is 4.87. The van der Waals surface area contributed by atoms with E-state index in [0.29, 0.717) is 11.3 Å². The van der Waals surface area contributed by atoms with E-state index in [1.54, 1.807) is 31.1 Å². The zero-order valence-corrected chi connectivity index (χ0v) is 19.5. The summed E-state index contributed by atoms with van der Waals surface area (Å²) in [5.41, 5.74) is 0.978. The molecule has 1 aliphatic rings. The van der Waals surface area contributed by atoms with Gasteiger partial charge in [-0.15, -0.1) is 0 Å². The van der Waals surface area contributed by atoms with E-state index >= 15 is 0 Å². The van der Waals surface area contributed by atoms with Crippen LogP contribution in [0.25, 0.3) is 11.1 Å². The van der Waals surface area contributed by atoms with Crippen LogP contribution in [0, 0.1) is 5.82 Å². The first-order valence-electron chi connectivity index (χ1n) is 10.7. The highest BCUT2D eigenvalue weighted by atomic mass is 19.1. The second kappa shape index (κ2) is 11.4. The maximum absolute atomic E-state index is 15.0. The van der Waals surface area contributed by atoms with E-state index in [0.717, 1.165) is 0 Å². The van der Waals surface area contributed by atoms with Crippen LogP contribution in [-0.4, -0.2) is 80.2 Å². The third kappa shape index (κ3) is 7.21. The van der Waals surface area contributed by atoms with Gasteiger partial charge in [0, 0.05) is 18.7 Å². The number of anilines is 2. The Morgan fingerprint density at radius 3 is 2.71 bits per heavy atom. The summed E-state index contributed by atoms with van der Waals surface area (Å²) in [5.74, 6) is -1.81. The summed E-state index contributed by atoms with van der Waals surface area (Å²) in [7, 11) is 3.40. The molecule has 2 heterocycles. The maximum atomic E-state index is 15.0. The summed E-state index contributed by atoms with van der Waals surface area (Å²) in [6.45, 7) is 1.26. The number of carbonyl (C=O) groups is 4. The van der Waals surface area contributed by atoms with E-state index in [4.69, 9.17) is 9.47 Å². The molecule has 1 atom stereocenters. The lowest BCUT2D eigenvalue weighted by Crippen LogP contribution is -2.33. The molecule has 1 aromatic carbocycles. The SMILES string of the molecule is CC(=O)NC[C@H]1CN(c2ccc(-c3ccnc(NC(=O)COC(=O)CN(C)C)c3)c(F)c2)C(=O)O1. The van der Waals surface area contributed by atoms with Gasteiger partial charge in [-0.3, -0.25) is 24.2 Å². The number of hydrogen-bond acceptors (Lipinski definition) is 8. The van der Waals surface area contributed by atoms with Gasteiger partial charge in [-0.1, -0.05) is 0 Å². The van der Waals surface area contributed by atoms with E-state index in [2.05, 4.69) is 15.6 Å². The molecular weight excluding hydrogens is 461 g/mol. The topological polar surface area (TPSA) is 130 Å². The van der Waals surface area contributed by atoms with Crippen molar-refractivity contribution in [3.8, 4) is 11.1 Å². The molecule has 0 bridgehead atoms. The van der Waals surface area contributed by atoms with Crippen LogP contribution in [0.5, 0.6) is 0 Å². The molecule has 1 saturated heterocycles. The minimum atomic E-state index is -0.632. The van der Waals surface area contributed by atoms with Crippen LogP contribution < -0.4 is 15.5 Å². The predicted molar refractivity (Wildman–Crippen MR) is 124 cm³/mol. The number of likely N-dealkylation sites (N-methyl/N-ethyl adjacent to an activating group) is 1. The van der Waals surface area contributed by atoms with Gasteiger partial charge < -0.3 is 20.1 Å². The Bertz CT molecular complexity index is 1130. The van der Waals surface area contributed by atoms with Crippen molar-refractivity contribution in [3.63, 3.8) is 0 Å². The normalized spacial score (nSPS) is 15.1. The lowest BCUT2D eigenvalue weighted by atomic mass is 10.1. The Morgan fingerprint density at radius 2 is 2.03 bits per heavy atom. The molecule has 1 fully saturated rings. The highest BCUT2D eigenvalue weighted by Gasteiger charge is 2.32. The Labute approximate surface area is 201 Å². The first kappa shape index (κ1) is 25.6. The van der Waals surface area contributed by atoms with Crippen LogP contribution >= 0.6 is 0 Å². The molecule has 186 valence electrons. The molecule has 0 radical (unpaired) electrons. The zero-order valence-electron chi connectivity index (χ0n) is 19.5. The number of amides is 3. The molecule has 0 spiro atoms. The van der Waals surface area contributed by atoms with E-state index < -0.39 is 36.5 Å². The van der Waals surface area contributed by atoms with Crippen molar-refractivity contribution in [2.24, 2.45) is 0 Å². The van der Waals surface area contributed by atoms with Crippen LogP contribution in [-0.2, 0) is 23.9 Å². The van der Waals surface area contributed by atoms with Crippen LogP contribution in [0.15, 0.2) is 36.5 Å². The molecule has 1 aliphatic heterocycles. The van der Waals surface area contributed by atoms with Gasteiger partial charge in [0.15, 0.2) is 6.61 Å². The molecule has 35 heavy (non-hydrogen) atoms. The number of ether oxygens (including phenoxy) is 2. The molecule has 0 aliphatic carbocycles. The molecule has 1 aromatic heterocycles. The minimum Gasteiger partial charge on any atom is -0.455 e. The van der Waals surface area contributed by atoms with Gasteiger partial charge in [-0.25, -0.2) is 14.2 Å². The lowest BCUT2D eigenvalue weighted by molar-refractivity contribution is -0.147. The fourth-order valence-corrected chi connectivity index (χ4v) is 3.30. The molecule has 3 rings (SSSR count). The second-order valence-electron chi connectivity index (χ2n) is 8.09. The monoisotopic (exact) mass is 487 g/mol. The van der Waals surface area contributed by atoms with Gasteiger partial charge in [0.25, 0.3) is 5.91 Å². The quantitative estimate of drug-likeness (QED) is 0.508. The van der Waals surface area contributed by atoms with Crippen molar-refractivity contribution < 1.29 is 33.0 Å². The number of hydrogen-bond donors (Lipinski definition) is 2. The number of nitrogens with zero attached hydrogens (tertiary/aromatic N) is 3. The fraction of sp³-hybridized carbons (Fsp3) is 0.348. The average molecular weight is 487 g/mol. The van der Waals surface area contributed by atoms with E-state index in [1.165, 1.54) is 36.2 Å². The summed E-state index contributed by atoms with van der Waals surface area (Å²) >= 11 is 0. The summed E-state index contributed by atoms with van der Waals surface area (Å²) in [6, 6.07) is 7.33. The number of carbonyl (C=O) groups excluding carboxylic acids is 4. The molecule has 12 heteroatoms. The van der Waals surface area contributed by atoms with Gasteiger partial charge >= 0.3 is 12.1 Å². The first-order chi connectivity index (χ1) is 16.6. The van der Waals surface area contributed by atoms with Crippen LogP contribution in [0.2, 0.25) is 0 Å². The smallest absolute Gasteiger partial charge is 0.414 e. The summed E-state index contributed by atoms with van der Waals surface area (Å²) < 4.78 is 25.1. The van der Waals surface area contributed by atoms with Gasteiger partial charge in [-0.05, 0) is 50.0 Å². The number of halogens is 1. The number of pyridine rings is 1. The molecule has 3 amide bonds. The Hall–Kier alpha value is -4.06. The number of rotatable bonds is 9. The largest absolute Gasteiger partial charge is 0.455 e. The van der Waals surface area contributed by atoms with Gasteiger partial charge in [-0.2, -0.15) is 0 Å².